The van der Waals surface area contributed by atoms with Gasteiger partial charge in [-0.15, -0.1) is 0 Å². The number of para-hydroxylation sites is 2. The number of nitrogens with zero attached hydrogens (tertiary/aromatic N) is 1. The minimum atomic E-state index is -0.234. The van der Waals surface area contributed by atoms with E-state index in [1.54, 1.807) is 6.21 Å². The van der Waals surface area contributed by atoms with E-state index in [2.05, 4.69) is 42.2 Å². The summed E-state index contributed by atoms with van der Waals surface area (Å²) in [4.78, 5) is 16.6. The zero-order valence-electron chi connectivity index (χ0n) is 14.2. The molecule has 0 aromatic heterocycles. The number of hydrogen-bond donors (Lipinski definition) is 1. The Hall–Kier alpha value is -2.44. The van der Waals surface area contributed by atoms with Gasteiger partial charge in [0.2, 0.25) is 0 Å². The third kappa shape index (κ3) is 5.77. The minimum Gasteiger partial charge on any atom is -0.482 e. The van der Waals surface area contributed by atoms with Crippen LogP contribution in [0.4, 0.5) is 11.4 Å². The van der Waals surface area contributed by atoms with Gasteiger partial charge in [0.05, 0.1) is 10.2 Å². The van der Waals surface area contributed by atoms with Crippen molar-refractivity contribution < 1.29 is 9.53 Å². The number of halogens is 2. The molecule has 0 fully saturated rings. The highest BCUT2D eigenvalue weighted by atomic mass is 79.9. The van der Waals surface area contributed by atoms with Crippen molar-refractivity contribution >= 4 is 55.4 Å². The second kappa shape index (κ2) is 9.48. The van der Waals surface area contributed by atoms with Gasteiger partial charge in [-0.25, -0.2) is 0 Å². The first kappa shape index (κ1) is 19.3. The Balaban J connectivity index is 1.74. The number of aliphatic imine (C=N–C) groups is 1. The lowest BCUT2D eigenvalue weighted by Gasteiger charge is -2.12. The molecule has 136 valence electrons. The van der Waals surface area contributed by atoms with Crippen molar-refractivity contribution in [1.29, 1.82) is 0 Å². The number of nitrogens with one attached hydrogen (secondary N) is 1. The quantitative estimate of drug-likeness (QED) is 0.435. The van der Waals surface area contributed by atoms with Crippen LogP contribution in [0, 0.1) is 0 Å². The third-order valence-corrected chi connectivity index (χ3v) is 4.60. The molecule has 1 amide bonds. The van der Waals surface area contributed by atoms with Gasteiger partial charge in [-0.1, -0.05) is 52.3 Å². The standard InChI is InChI=1S/C21H16Br2N2O2/c22-16-11-15(13-24-17-7-3-1-4-8-17)21(19(23)12-16)27-14-20(26)25-18-9-5-2-6-10-18/h1-13H,14H2,(H,25,26). The molecule has 0 heterocycles. The van der Waals surface area contributed by atoms with Gasteiger partial charge >= 0.3 is 0 Å². The second-order valence-electron chi connectivity index (χ2n) is 5.60. The van der Waals surface area contributed by atoms with E-state index >= 15 is 0 Å². The lowest BCUT2D eigenvalue weighted by molar-refractivity contribution is -0.118. The summed E-state index contributed by atoms with van der Waals surface area (Å²) in [5, 5.41) is 2.80. The lowest BCUT2D eigenvalue weighted by atomic mass is 10.2. The zero-order chi connectivity index (χ0) is 19.1. The van der Waals surface area contributed by atoms with Crippen molar-refractivity contribution in [2.24, 2.45) is 4.99 Å². The summed E-state index contributed by atoms with van der Waals surface area (Å²) in [6.45, 7) is -0.110. The average Bonchev–Trinajstić information content (AvgIpc) is 2.67. The van der Waals surface area contributed by atoms with Crippen LogP contribution in [0.5, 0.6) is 5.75 Å². The number of carbonyl (C=O) groups is 1. The van der Waals surface area contributed by atoms with Gasteiger partial charge in [-0.2, -0.15) is 0 Å². The van der Waals surface area contributed by atoms with Gasteiger partial charge in [-0.3, -0.25) is 9.79 Å². The number of hydrogen-bond acceptors (Lipinski definition) is 3. The summed E-state index contributed by atoms with van der Waals surface area (Å²) < 4.78 is 7.39. The van der Waals surface area contributed by atoms with Crippen molar-refractivity contribution in [1.82, 2.24) is 0 Å². The Morgan fingerprint density at radius 3 is 2.37 bits per heavy atom. The maximum Gasteiger partial charge on any atom is 0.262 e. The molecular formula is C21H16Br2N2O2. The highest BCUT2D eigenvalue weighted by molar-refractivity contribution is 9.11. The molecule has 3 rings (SSSR count). The molecule has 0 unspecified atom stereocenters. The number of carbonyl (C=O) groups excluding carboxylic acids is 1. The highest BCUT2D eigenvalue weighted by Crippen LogP contribution is 2.32. The van der Waals surface area contributed by atoms with E-state index in [0.29, 0.717) is 5.75 Å². The van der Waals surface area contributed by atoms with Crippen LogP contribution >= 0.6 is 31.9 Å². The molecule has 1 N–H and O–H groups in total. The van der Waals surface area contributed by atoms with Crippen LogP contribution < -0.4 is 10.1 Å². The number of ether oxygens (including phenoxy) is 1. The summed E-state index contributed by atoms with van der Waals surface area (Å²) in [6, 6.07) is 22.6. The van der Waals surface area contributed by atoms with Gasteiger partial charge in [-0.05, 0) is 52.3 Å². The zero-order valence-corrected chi connectivity index (χ0v) is 17.4. The van der Waals surface area contributed by atoms with Crippen molar-refractivity contribution in [2.75, 3.05) is 11.9 Å². The van der Waals surface area contributed by atoms with E-state index in [1.807, 2.05) is 72.8 Å². The first-order valence-electron chi connectivity index (χ1n) is 8.17. The minimum absolute atomic E-state index is 0.110. The van der Waals surface area contributed by atoms with Crippen molar-refractivity contribution in [2.45, 2.75) is 0 Å². The summed E-state index contributed by atoms with van der Waals surface area (Å²) in [7, 11) is 0. The average molecular weight is 488 g/mol. The first-order valence-corrected chi connectivity index (χ1v) is 9.76. The fourth-order valence-corrected chi connectivity index (χ4v) is 3.72. The molecule has 0 spiro atoms. The predicted molar refractivity (Wildman–Crippen MR) is 116 cm³/mol. The molecule has 0 radical (unpaired) electrons. The maximum absolute atomic E-state index is 12.2. The monoisotopic (exact) mass is 486 g/mol. The van der Waals surface area contributed by atoms with Crippen LogP contribution in [-0.2, 0) is 4.79 Å². The molecule has 4 nitrogen and oxygen atoms in total. The Kier molecular flexibility index (Phi) is 6.79. The fraction of sp³-hybridized carbons (Fsp3) is 0.0476. The second-order valence-corrected chi connectivity index (χ2v) is 7.37. The van der Waals surface area contributed by atoms with Crippen molar-refractivity contribution in [3.8, 4) is 5.75 Å². The molecule has 6 heteroatoms. The fourth-order valence-electron chi connectivity index (χ4n) is 2.34. The van der Waals surface area contributed by atoms with Crippen LogP contribution in [0.25, 0.3) is 0 Å². The number of benzene rings is 3. The Labute approximate surface area is 174 Å². The van der Waals surface area contributed by atoms with Crippen LogP contribution in [0.3, 0.4) is 0 Å². The largest absolute Gasteiger partial charge is 0.482 e. The normalized spacial score (nSPS) is 10.7. The Morgan fingerprint density at radius 1 is 1.00 bits per heavy atom. The molecule has 0 atom stereocenters. The van der Waals surface area contributed by atoms with Gasteiger partial charge in [0.15, 0.2) is 6.61 Å². The SMILES string of the molecule is O=C(COc1c(Br)cc(Br)cc1C=Nc1ccccc1)Nc1ccccc1. The van der Waals surface area contributed by atoms with E-state index in [-0.39, 0.29) is 12.5 Å². The van der Waals surface area contributed by atoms with Gasteiger partial charge in [0.25, 0.3) is 5.91 Å². The maximum atomic E-state index is 12.2. The third-order valence-electron chi connectivity index (χ3n) is 3.55. The molecule has 0 aliphatic rings. The topological polar surface area (TPSA) is 50.7 Å². The van der Waals surface area contributed by atoms with Crippen LogP contribution in [-0.4, -0.2) is 18.7 Å². The smallest absolute Gasteiger partial charge is 0.262 e. The van der Waals surface area contributed by atoms with Gasteiger partial charge < -0.3 is 10.1 Å². The van der Waals surface area contributed by atoms with Crippen LogP contribution in [0.2, 0.25) is 0 Å². The number of amides is 1. The molecule has 3 aromatic rings. The van der Waals surface area contributed by atoms with E-state index in [0.717, 1.165) is 25.9 Å². The van der Waals surface area contributed by atoms with Crippen LogP contribution in [0.15, 0.2) is 86.7 Å². The molecular weight excluding hydrogens is 472 g/mol. The Bertz CT molecular complexity index is 945. The molecule has 3 aromatic carbocycles. The highest BCUT2D eigenvalue weighted by Gasteiger charge is 2.11. The van der Waals surface area contributed by atoms with Crippen molar-refractivity contribution in [3.05, 3.63) is 87.3 Å². The number of rotatable bonds is 6. The molecule has 0 saturated heterocycles. The molecule has 0 saturated carbocycles. The summed E-state index contributed by atoms with van der Waals surface area (Å²) >= 11 is 6.96. The summed E-state index contributed by atoms with van der Waals surface area (Å²) in [6.07, 6.45) is 1.72. The van der Waals surface area contributed by atoms with Crippen LogP contribution in [0.1, 0.15) is 5.56 Å². The van der Waals surface area contributed by atoms with Gasteiger partial charge in [0.1, 0.15) is 5.75 Å². The molecule has 27 heavy (non-hydrogen) atoms. The first-order chi connectivity index (χ1) is 13.1. The van der Waals surface area contributed by atoms with E-state index < -0.39 is 0 Å². The summed E-state index contributed by atoms with van der Waals surface area (Å²) in [5.74, 6) is 0.322. The predicted octanol–water partition coefficient (Wildman–Crippen LogP) is 5.98. The van der Waals surface area contributed by atoms with E-state index in [1.165, 1.54) is 0 Å². The molecule has 0 aliphatic heterocycles. The van der Waals surface area contributed by atoms with E-state index in [4.69, 9.17) is 4.74 Å². The van der Waals surface area contributed by atoms with E-state index in [9.17, 15) is 4.79 Å². The molecule has 0 bridgehead atoms. The lowest BCUT2D eigenvalue weighted by Crippen LogP contribution is -2.20. The Morgan fingerprint density at radius 2 is 1.67 bits per heavy atom. The van der Waals surface area contributed by atoms with Gasteiger partial charge in [0, 0.05) is 21.9 Å². The molecule has 0 aliphatic carbocycles. The number of anilines is 1. The summed E-state index contributed by atoms with van der Waals surface area (Å²) in [5.41, 5.74) is 2.32. The van der Waals surface area contributed by atoms with Crippen molar-refractivity contribution in [3.63, 3.8) is 0 Å².